The molecule has 1 aromatic rings. The zero-order valence-electron chi connectivity index (χ0n) is 8.04. The van der Waals surface area contributed by atoms with Crippen molar-refractivity contribution < 1.29 is 19.0 Å². The van der Waals surface area contributed by atoms with Crippen molar-refractivity contribution in [1.29, 1.82) is 0 Å². The third kappa shape index (κ3) is 3.60. The highest BCUT2D eigenvalue weighted by atomic mass is 79.9. The third-order valence-electron chi connectivity index (χ3n) is 1.90. The summed E-state index contributed by atoms with van der Waals surface area (Å²) in [6.45, 7) is 0. The first kappa shape index (κ1) is 12.1. The Balaban J connectivity index is 2.83. The molecule has 0 aromatic heterocycles. The zero-order valence-corrected chi connectivity index (χ0v) is 9.62. The fourth-order valence-corrected chi connectivity index (χ4v) is 1.73. The molecule has 0 amide bonds. The number of rotatable bonds is 4. The molecule has 0 saturated heterocycles. The van der Waals surface area contributed by atoms with Crippen LogP contribution in [0, 0.1) is 5.82 Å². The Labute approximate surface area is 95.0 Å². The van der Waals surface area contributed by atoms with Crippen molar-refractivity contribution in [3.63, 3.8) is 0 Å². The van der Waals surface area contributed by atoms with Crippen LogP contribution in [-0.4, -0.2) is 24.3 Å². The Morgan fingerprint density at radius 1 is 1.60 bits per heavy atom. The van der Waals surface area contributed by atoms with Crippen molar-refractivity contribution in [2.75, 3.05) is 7.11 Å². The van der Waals surface area contributed by atoms with Gasteiger partial charge in [0.25, 0.3) is 0 Å². The summed E-state index contributed by atoms with van der Waals surface area (Å²) in [5.41, 5.74) is 0.580. The summed E-state index contributed by atoms with van der Waals surface area (Å²) >= 11 is 3.13. The molecular formula is C10H10BrFO3. The topological polar surface area (TPSA) is 46.5 Å². The molecule has 0 aliphatic carbocycles. The number of carbonyl (C=O) groups is 1. The van der Waals surface area contributed by atoms with Crippen LogP contribution in [0.5, 0.6) is 0 Å². The molecular weight excluding hydrogens is 267 g/mol. The summed E-state index contributed by atoms with van der Waals surface area (Å²) < 4.78 is 18.3. The fourth-order valence-electron chi connectivity index (χ4n) is 1.21. The molecule has 0 spiro atoms. The van der Waals surface area contributed by atoms with Gasteiger partial charge in [-0.1, -0.05) is 15.9 Å². The number of aliphatic carboxylic acids is 1. The Hall–Kier alpha value is -0.940. The molecule has 0 saturated carbocycles. The van der Waals surface area contributed by atoms with Crippen LogP contribution in [0.2, 0.25) is 0 Å². The smallest absolute Gasteiger partial charge is 0.333 e. The van der Waals surface area contributed by atoms with Crippen molar-refractivity contribution in [3.8, 4) is 0 Å². The van der Waals surface area contributed by atoms with E-state index in [0.29, 0.717) is 10.0 Å². The van der Waals surface area contributed by atoms with Crippen LogP contribution in [0.4, 0.5) is 4.39 Å². The molecule has 1 unspecified atom stereocenters. The molecule has 0 aliphatic heterocycles. The number of methoxy groups -OCH3 is 1. The van der Waals surface area contributed by atoms with Gasteiger partial charge in [0.1, 0.15) is 5.82 Å². The van der Waals surface area contributed by atoms with Crippen LogP contribution in [0.25, 0.3) is 0 Å². The first-order valence-corrected chi connectivity index (χ1v) is 5.03. The van der Waals surface area contributed by atoms with Crippen LogP contribution < -0.4 is 0 Å². The lowest BCUT2D eigenvalue weighted by Gasteiger charge is -2.10. The summed E-state index contributed by atoms with van der Waals surface area (Å²) in [6.07, 6.45) is -0.805. The molecule has 3 nitrogen and oxygen atoms in total. The maximum Gasteiger partial charge on any atom is 0.333 e. The van der Waals surface area contributed by atoms with Crippen molar-refractivity contribution in [2.45, 2.75) is 12.5 Å². The summed E-state index contributed by atoms with van der Waals surface area (Å²) in [5, 5.41) is 8.74. The first-order valence-electron chi connectivity index (χ1n) is 4.23. The van der Waals surface area contributed by atoms with E-state index in [-0.39, 0.29) is 6.42 Å². The largest absolute Gasteiger partial charge is 0.479 e. The summed E-state index contributed by atoms with van der Waals surface area (Å²) in [7, 11) is 1.31. The van der Waals surface area contributed by atoms with Gasteiger partial charge in [0.2, 0.25) is 0 Å². The molecule has 1 aromatic carbocycles. The number of hydrogen-bond acceptors (Lipinski definition) is 2. The van der Waals surface area contributed by atoms with Gasteiger partial charge in [-0.25, -0.2) is 9.18 Å². The van der Waals surface area contributed by atoms with E-state index < -0.39 is 17.9 Å². The average molecular weight is 277 g/mol. The van der Waals surface area contributed by atoms with Gasteiger partial charge in [-0.2, -0.15) is 0 Å². The molecule has 1 N–H and O–H groups in total. The molecule has 15 heavy (non-hydrogen) atoms. The van der Waals surface area contributed by atoms with Crippen LogP contribution >= 0.6 is 15.9 Å². The fraction of sp³-hybridized carbons (Fsp3) is 0.300. The van der Waals surface area contributed by atoms with E-state index in [1.54, 1.807) is 6.07 Å². The van der Waals surface area contributed by atoms with E-state index in [4.69, 9.17) is 9.84 Å². The Bertz CT molecular complexity index is 347. The van der Waals surface area contributed by atoms with Gasteiger partial charge in [0.15, 0.2) is 6.10 Å². The lowest BCUT2D eigenvalue weighted by Crippen LogP contribution is -2.24. The summed E-state index contributed by atoms with van der Waals surface area (Å²) in [5.74, 6) is -1.46. The van der Waals surface area contributed by atoms with Gasteiger partial charge in [0, 0.05) is 18.0 Å². The van der Waals surface area contributed by atoms with Gasteiger partial charge in [-0.15, -0.1) is 0 Å². The summed E-state index contributed by atoms with van der Waals surface area (Å²) in [4.78, 5) is 10.7. The van der Waals surface area contributed by atoms with Gasteiger partial charge in [-0.05, 0) is 23.8 Å². The number of ether oxygens (including phenoxy) is 1. The molecule has 0 heterocycles. The van der Waals surface area contributed by atoms with E-state index in [0.717, 1.165) is 0 Å². The monoisotopic (exact) mass is 276 g/mol. The molecule has 1 atom stereocenters. The Morgan fingerprint density at radius 3 is 2.73 bits per heavy atom. The van der Waals surface area contributed by atoms with Crippen LogP contribution in [0.15, 0.2) is 22.7 Å². The maximum absolute atomic E-state index is 13.0. The van der Waals surface area contributed by atoms with E-state index >= 15 is 0 Å². The third-order valence-corrected chi connectivity index (χ3v) is 2.36. The number of benzene rings is 1. The minimum absolute atomic E-state index is 0.141. The number of carboxylic acids is 1. The molecule has 0 aliphatic rings. The zero-order chi connectivity index (χ0) is 11.4. The van der Waals surface area contributed by atoms with Gasteiger partial charge in [-0.3, -0.25) is 0 Å². The highest BCUT2D eigenvalue weighted by Gasteiger charge is 2.17. The average Bonchev–Trinajstić information content (AvgIpc) is 2.12. The van der Waals surface area contributed by atoms with Gasteiger partial charge >= 0.3 is 5.97 Å². The number of halogens is 2. The SMILES string of the molecule is COC(Cc1cc(F)cc(Br)c1)C(=O)O. The van der Waals surface area contributed by atoms with Crippen LogP contribution in [0.3, 0.4) is 0 Å². The maximum atomic E-state index is 13.0. The first-order chi connectivity index (χ1) is 7.02. The highest BCUT2D eigenvalue weighted by molar-refractivity contribution is 9.10. The predicted octanol–water partition coefficient (Wildman–Crippen LogP) is 2.23. The molecule has 0 fully saturated rings. The Kier molecular flexibility index (Phi) is 4.23. The van der Waals surface area contributed by atoms with E-state index in [2.05, 4.69) is 15.9 Å². The lowest BCUT2D eigenvalue weighted by molar-refractivity contribution is -0.148. The van der Waals surface area contributed by atoms with Crippen molar-refractivity contribution in [2.24, 2.45) is 0 Å². The molecule has 0 bridgehead atoms. The lowest BCUT2D eigenvalue weighted by atomic mass is 10.1. The predicted molar refractivity (Wildman–Crippen MR) is 56.2 cm³/mol. The van der Waals surface area contributed by atoms with Crippen molar-refractivity contribution >= 4 is 21.9 Å². The highest BCUT2D eigenvalue weighted by Crippen LogP contribution is 2.16. The Morgan fingerprint density at radius 2 is 2.27 bits per heavy atom. The quantitative estimate of drug-likeness (QED) is 0.918. The second-order valence-electron chi connectivity index (χ2n) is 3.04. The molecule has 82 valence electrons. The molecule has 1 rings (SSSR count). The van der Waals surface area contributed by atoms with Crippen LogP contribution in [0.1, 0.15) is 5.56 Å². The number of hydrogen-bond donors (Lipinski definition) is 1. The standard InChI is InChI=1S/C10H10BrFO3/c1-15-9(10(13)14)4-6-2-7(11)5-8(12)3-6/h2-3,5,9H,4H2,1H3,(H,13,14). The van der Waals surface area contributed by atoms with Crippen molar-refractivity contribution in [1.82, 2.24) is 0 Å². The minimum atomic E-state index is -1.06. The molecule has 5 heteroatoms. The van der Waals surface area contributed by atoms with E-state index in [1.807, 2.05) is 0 Å². The van der Waals surface area contributed by atoms with Crippen LogP contribution in [-0.2, 0) is 16.0 Å². The normalized spacial score (nSPS) is 12.5. The summed E-state index contributed by atoms with van der Waals surface area (Å²) in [6, 6.07) is 4.27. The van der Waals surface area contributed by atoms with E-state index in [9.17, 15) is 9.18 Å². The van der Waals surface area contributed by atoms with Gasteiger partial charge < -0.3 is 9.84 Å². The van der Waals surface area contributed by atoms with Crippen molar-refractivity contribution in [3.05, 3.63) is 34.1 Å². The molecule has 0 radical (unpaired) electrons. The minimum Gasteiger partial charge on any atom is -0.479 e. The van der Waals surface area contributed by atoms with E-state index in [1.165, 1.54) is 19.2 Å². The van der Waals surface area contributed by atoms with Gasteiger partial charge in [0.05, 0.1) is 0 Å². The number of carboxylic acid groups (broad SMARTS) is 1. The second kappa shape index (κ2) is 5.23. The second-order valence-corrected chi connectivity index (χ2v) is 3.96.